The van der Waals surface area contributed by atoms with Crippen LogP contribution in [0.1, 0.15) is 65.7 Å². The first-order valence-corrected chi connectivity index (χ1v) is 7.09. The Morgan fingerprint density at radius 1 is 1.07 bits per heavy atom. The fourth-order valence-electron chi connectivity index (χ4n) is 2.15. The molecule has 0 aliphatic carbocycles. The van der Waals surface area contributed by atoms with Crippen LogP contribution in [0.4, 0.5) is 0 Å². The molecule has 0 radical (unpaired) electrons. The van der Waals surface area contributed by atoms with E-state index in [0.717, 1.165) is 23.1 Å². The van der Waals surface area contributed by atoms with Crippen molar-refractivity contribution < 1.29 is 4.79 Å². The highest BCUT2D eigenvalue weighted by molar-refractivity contribution is 6.57. The van der Waals surface area contributed by atoms with E-state index in [1.807, 2.05) is 0 Å². The molecule has 2 heteroatoms. The van der Waals surface area contributed by atoms with Gasteiger partial charge in [0.1, 0.15) is 5.41 Å². The fraction of sp³-hybridized carbons (Fsp3) is 0.917. The van der Waals surface area contributed by atoms with Gasteiger partial charge in [0.05, 0.1) is 10.2 Å². The maximum absolute atomic E-state index is 10.8. The lowest BCUT2D eigenvalue weighted by Crippen LogP contribution is -2.17. The summed E-state index contributed by atoms with van der Waals surface area (Å²) in [5, 5.41) is 0.472. The smallest absolute Gasteiger partial charge is 0.100 e. The second-order valence-corrected chi connectivity index (χ2v) is 5.59. The van der Waals surface area contributed by atoms with Crippen LogP contribution in [0, 0.1) is 5.41 Å². The normalized spacial score (nSPS) is 11.9. The Morgan fingerprint density at radius 2 is 1.57 bits per heavy atom. The third kappa shape index (κ3) is 4.94. The van der Waals surface area contributed by atoms with Crippen LogP contribution >= 0.6 is 0 Å². The van der Waals surface area contributed by atoms with Gasteiger partial charge in [-0.25, -0.2) is 0 Å². The molecular formula is C12H26OSi. The summed E-state index contributed by atoms with van der Waals surface area (Å²) >= 11 is 0. The lowest BCUT2D eigenvalue weighted by atomic mass is 9.76. The summed E-state index contributed by atoms with van der Waals surface area (Å²) in [6, 6.07) is 0. The highest BCUT2D eigenvalue weighted by atomic mass is 28.1. The predicted octanol–water partition coefficient (Wildman–Crippen LogP) is 2.66. The van der Waals surface area contributed by atoms with Gasteiger partial charge in [-0.1, -0.05) is 46.5 Å². The first kappa shape index (κ1) is 13.9. The maximum Gasteiger partial charge on any atom is 0.100 e. The second kappa shape index (κ2) is 7.21. The fourth-order valence-corrected chi connectivity index (χ4v) is 2.51. The van der Waals surface area contributed by atoms with Crippen LogP contribution in [0.2, 0.25) is 0 Å². The largest absolute Gasteiger partial charge is 0.307 e. The summed E-state index contributed by atoms with van der Waals surface area (Å²) < 4.78 is 0. The summed E-state index contributed by atoms with van der Waals surface area (Å²) in [6.45, 7) is 6.89. The Hall–Kier alpha value is -0.113. The molecule has 1 nitrogen and oxygen atoms in total. The van der Waals surface area contributed by atoms with Gasteiger partial charge in [-0.3, -0.25) is 0 Å². The van der Waals surface area contributed by atoms with Crippen molar-refractivity contribution in [3.05, 3.63) is 0 Å². The summed E-state index contributed by atoms with van der Waals surface area (Å²) in [7, 11) is 0.739. The third-order valence-electron chi connectivity index (χ3n) is 3.74. The van der Waals surface area contributed by atoms with Gasteiger partial charge in [-0.2, -0.15) is 0 Å². The van der Waals surface area contributed by atoms with Gasteiger partial charge in [-0.05, 0) is 18.3 Å². The van der Waals surface area contributed by atoms with Crippen molar-refractivity contribution in [2.24, 2.45) is 5.41 Å². The first-order valence-electron chi connectivity index (χ1n) is 6.09. The van der Waals surface area contributed by atoms with E-state index in [-0.39, 0.29) is 0 Å². The van der Waals surface area contributed by atoms with Crippen molar-refractivity contribution in [3.8, 4) is 0 Å². The zero-order chi connectivity index (χ0) is 11.0. The van der Waals surface area contributed by atoms with Gasteiger partial charge in [0, 0.05) is 6.42 Å². The Labute approximate surface area is 92.1 Å². The summed E-state index contributed by atoms with van der Waals surface area (Å²) in [6.07, 6.45) is 8.36. The molecular weight excluding hydrogens is 188 g/mol. The van der Waals surface area contributed by atoms with E-state index in [2.05, 4.69) is 20.8 Å². The zero-order valence-electron chi connectivity index (χ0n) is 10.4. The molecule has 0 bridgehead atoms. The van der Waals surface area contributed by atoms with Crippen LogP contribution in [0.3, 0.4) is 0 Å². The van der Waals surface area contributed by atoms with Crippen molar-refractivity contribution in [2.75, 3.05) is 0 Å². The molecule has 0 amide bonds. The molecule has 0 atom stereocenters. The minimum Gasteiger partial charge on any atom is -0.307 e. The number of carbonyl (C=O) groups excluding carboxylic acids is 1. The number of hydrogen-bond acceptors (Lipinski definition) is 1. The Bertz CT molecular complexity index is 153. The average Bonchev–Trinajstić information content (AvgIpc) is 2.19. The molecule has 0 spiro atoms. The topological polar surface area (TPSA) is 17.1 Å². The summed E-state index contributed by atoms with van der Waals surface area (Å²) in [4.78, 5) is 10.8. The highest BCUT2D eigenvalue weighted by Crippen LogP contribution is 2.35. The molecule has 0 fully saturated rings. The van der Waals surface area contributed by atoms with Gasteiger partial charge >= 0.3 is 0 Å². The van der Waals surface area contributed by atoms with Crippen LogP contribution in [0.15, 0.2) is 0 Å². The van der Waals surface area contributed by atoms with Crippen molar-refractivity contribution in [1.29, 1.82) is 0 Å². The van der Waals surface area contributed by atoms with E-state index in [9.17, 15) is 4.79 Å². The second-order valence-electron chi connectivity index (χ2n) is 4.47. The minimum atomic E-state index is 0.472. The molecule has 0 aromatic heterocycles. The van der Waals surface area contributed by atoms with Crippen molar-refractivity contribution >= 4 is 15.6 Å². The lowest BCUT2D eigenvalue weighted by Gasteiger charge is -2.30. The average molecular weight is 214 g/mol. The van der Waals surface area contributed by atoms with Crippen LogP contribution in [0.25, 0.3) is 0 Å². The molecule has 0 rings (SSSR count). The molecule has 84 valence electrons. The van der Waals surface area contributed by atoms with Gasteiger partial charge in [0.25, 0.3) is 0 Å². The Balaban J connectivity index is 3.77. The monoisotopic (exact) mass is 214 g/mol. The van der Waals surface area contributed by atoms with Gasteiger partial charge in [0.2, 0.25) is 0 Å². The van der Waals surface area contributed by atoms with E-state index in [4.69, 9.17) is 0 Å². The van der Waals surface area contributed by atoms with Crippen molar-refractivity contribution in [1.82, 2.24) is 0 Å². The van der Waals surface area contributed by atoms with Crippen LogP contribution in [-0.4, -0.2) is 15.6 Å². The third-order valence-corrected chi connectivity index (χ3v) is 4.24. The number of unbranched alkanes of at least 4 members (excludes halogenated alkanes) is 1. The predicted molar refractivity (Wildman–Crippen MR) is 66.7 cm³/mol. The van der Waals surface area contributed by atoms with E-state index in [1.54, 1.807) is 0 Å². The van der Waals surface area contributed by atoms with Gasteiger partial charge in [-0.15, -0.1) is 0 Å². The van der Waals surface area contributed by atoms with Crippen LogP contribution < -0.4 is 0 Å². The molecule has 0 N–H and O–H groups in total. The molecule has 0 heterocycles. The molecule has 0 aromatic carbocycles. The first-order chi connectivity index (χ1) is 6.60. The van der Waals surface area contributed by atoms with Crippen LogP contribution in [0.5, 0.6) is 0 Å². The Kier molecular flexibility index (Phi) is 7.16. The molecule has 0 aliphatic heterocycles. The summed E-state index contributed by atoms with van der Waals surface area (Å²) in [5.74, 6) is 0. The van der Waals surface area contributed by atoms with Gasteiger partial charge < -0.3 is 4.79 Å². The molecule has 0 aromatic rings. The zero-order valence-corrected chi connectivity index (χ0v) is 12.4. The molecule has 0 aliphatic rings. The maximum atomic E-state index is 10.8. The van der Waals surface area contributed by atoms with E-state index < -0.39 is 0 Å². The SMILES string of the molecule is CCC(CC)(CC)CCCCC(=O)[SiH3]. The molecule has 0 saturated heterocycles. The Morgan fingerprint density at radius 3 is 1.93 bits per heavy atom. The van der Waals surface area contributed by atoms with E-state index in [0.29, 0.717) is 10.8 Å². The summed E-state index contributed by atoms with van der Waals surface area (Å²) in [5.41, 5.74) is 0.564. The van der Waals surface area contributed by atoms with Crippen molar-refractivity contribution in [2.45, 2.75) is 65.7 Å². The highest BCUT2D eigenvalue weighted by Gasteiger charge is 2.22. The van der Waals surface area contributed by atoms with Crippen molar-refractivity contribution in [3.63, 3.8) is 0 Å². The number of carbonyl (C=O) groups is 1. The van der Waals surface area contributed by atoms with E-state index in [1.165, 1.54) is 32.1 Å². The molecule has 0 unspecified atom stereocenters. The number of rotatable bonds is 8. The lowest BCUT2D eigenvalue weighted by molar-refractivity contribution is -0.111. The molecule has 0 saturated carbocycles. The van der Waals surface area contributed by atoms with Gasteiger partial charge in [0.15, 0.2) is 0 Å². The molecule has 14 heavy (non-hydrogen) atoms. The van der Waals surface area contributed by atoms with Crippen LogP contribution in [-0.2, 0) is 4.79 Å². The number of hydrogen-bond donors (Lipinski definition) is 0. The quantitative estimate of drug-likeness (QED) is 0.448. The minimum absolute atomic E-state index is 0.472. The standard InChI is InChI=1S/C12H26OSi/c1-4-12(5-2,6-3)10-8-7-9-11(13)14/h4-10H2,1-3,14H3. The van der Waals surface area contributed by atoms with E-state index >= 15 is 0 Å².